The Balaban J connectivity index is 2.00. The Morgan fingerprint density at radius 1 is 1.16 bits per heavy atom. The van der Waals surface area contributed by atoms with Crippen molar-refractivity contribution in [2.75, 3.05) is 0 Å². The average molecular weight is 409 g/mol. The van der Waals surface area contributed by atoms with Crippen molar-refractivity contribution in [3.8, 4) is 0 Å². The Morgan fingerprint density at radius 2 is 1.92 bits per heavy atom. The summed E-state index contributed by atoms with van der Waals surface area (Å²) in [6, 6.07) is 3.88. The van der Waals surface area contributed by atoms with E-state index in [1.54, 1.807) is 12.4 Å². The lowest BCUT2D eigenvalue weighted by Gasteiger charge is -2.37. The molecule has 0 unspecified atom stereocenters. The van der Waals surface area contributed by atoms with E-state index in [0.717, 1.165) is 6.07 Å². The van der Waals surface area contributed by atoms with E-state index in [4.69, 9.17) is 0 Å². The van der Waals surface area contributed by atoms with Crippen LogP contribution in [0.3, 0.4) is 0 Å². The Morgan fingerprint density at radius 3 is 2.68 bits per heavy atom. The maximum Gasteiger partial charge on any atom is 0.300 e. The van der Waals surface area contributed by atoms with Gasteiger partial charge in [-0.3, -0.25) is 4.99 Å². The molecule has 0 amide bonds. The van der Waals surface area contributed by atoms with E-state index in [-0.39, 0.29) is 11.3 Å². The number of halogens is 4. The molecule has 1 aromatic carbocycles. The zero-order valence-electron chi connectivity index (χ0n) is 13.3. The fraction of sp³-hybridized carbons (Fsp3) is 0.235. The van der Waals surface area contributed by atoms with Gasteiger partial charge in [-0.05, 0) is 35.8 Å². The summed E-state index contributed by atoms with van der Waals surface area (Å²) < 4.78 is 46.1. The molecule has 4 rings (SSSR count). The minimum absolute atomic E-state index is 0.0664. The molecule has 3 aromatic rings. The van der Waals surface area contributed by atoms with E-state index < -0.39 is 22.8 Å². The smallest absolute Gasteiger partial charge is 0.271 e. The predicted molar refractivity (Wildman–Crippen MR) is 90.7 cm³/mol. The lowest BCUT2D eigenvalue weighted by molar-refractivity contribution is -0.0710. The molecule has 0 saturated heterocycles. The molecule has 2 aromatic heterocycles. The van der Waals surface area contributed by atoms with Gasteiger partial charge in [0, 0.05) is 23.5 Å². The highest BCUT2D eigenvalue weighted by Gasteiger charge is 2.54. The van der Waals surface area contributed by atoms with Gasteiger partial charge in [-0.15, -0.1) is 0 Å². The van der Waals surface area contributed by atoms with Crippen molar-refractivity contribution in [3.63, 3.8) is 0 Å². The van der Waals surface area contributed by atoms with Gasteiger partial charge in [-0.1, -0.05) is 12.1 Å². The van der Waals surface area contributed by atoms with Gasteiger partial charge in [-0.2, -0.15) is 13.9 Å². The molecule has 128 valence electrons. The van der Waals surface area contributed by atoms with Crippen LogP contribution in [0.5, 0.6) is 0 Å². The van der Waals surface area contributed by atoms with Gasteiger partial charge >= 0.3 is 5.92 Å². The molecule has 0 saturated carbocycles. The van der Waals surface area contributed by atoms with Crippen molar-refractivity contribution in [2.45, 2.75) is 25.3 Å². The Hall–Kier alpha value is -2.22. The summed E-state index contributed by atoms with van der Waals surface area (Å²) in [6.07, 6.45) is 4.75. The van der Waals surface area contributed by atoms with Gasteiger partial charge in [0.15, 0.2) is 5.65 Å². The second kappa shape index (κ2) is 5.14. The third-order valence-corrected chi connectivity index (χ3v) is 4.89. The molecule has 0 spiro atoms. The molecule has 0 bridgehead atoms. The molecular formula is C17H12BrF3N4. The van der Waals surface area contributed by atoms with E-state index in [1.165, 1.54) is 36.7 Å². The maximum absolute atomic E-state index is 14.8. The minimum Gasteiger partial charge on any atom is -0.271 e. The molecule has 1 aliphatic heterocycles. The molecule has 0 fully saturated rings. The van der Waals surface area contributed by atoms with E-state index in [2.05, 4.69) is 31.0 Å². The van der Waals surface area contributed by atoms with Crippen molar-refractivity contribution in [3.05, 3.63) is 63.8 Å². The maximum atomic E-state index is 14.8. The number of hydrogen-bond donors (Lipinski definition) is 0. The lowest BCUT2D eigenvalue weighted by atomic mass is 9.81. The highest BCUT2D eigenvalue weighted by atomic mass is 79.9. The van der Waals surface area contributed by atoms with Gasteiger partial charge in [0.05, 0.1) is 21.9 Å². The van der Waals surface area contributed by atoms with Crippen molar-refractivity contribution in [1.29, 1.82) is 0 Å². The first kappa shape index (κ1) is 16.3. The first-order valence-electron chi connectivity index (χ1n) is 7.48. The number of aromatic nitrogens is 3. The summed E-state index contributed by atoms with van der Waals surface area (Å²) in [4.78, 5) is 8.53. The molecule has 8 heteroatoms. The number of aliphatic imine (C=N–C) groups is 1. The van der Waals surface area contributed by atoms with Gasteiger partial charge in [0.2, 0.25) is 0 Å². The summed E-state index contributed by atoms with van der Waals surface area (Å²) in [5.74, 6) is -4.37. The van der Waals surface area contributed by atoms with E-state index in [0.29, 0.717) is 15.7 Å². The number of alkyl halides is 2. The first-order chi connectivity index (χ1) is 11.7. The summed E-state index contributed by atoms with van der Waals surface area (Å²) in [5, 5.41) is 4.14. The van der Waals surface area contributed by atoms with Crippen LogP contribution in [-0.2, 0) is 5.92 Å². The third-order valence-electron chi connectivity index (χ3n) is 4.33. The number of nitrogens with zero attached hydrogens (tertiary/aromatic N) is 4. The molecule has 0 aliphatic carbocycles. The van der Waals surface area contributed by atoms with Crippen LogP contribution in [0.1, 0.15) is 30.5 Å². The van der Waals surface area contributed by atoms with Crippen LogP contribution < -0.4 is 0 Å². The van der Waals surface area contributed by atoms with Crippen LogP contribution in [-0.4, -0.2) is 25.8 Å². The van der Waals surface area contributed by atoms with Crippen LogP contribution in [0.2, 0.25) is 0 Å². The van der Waals surface area contributed by atoms with Crippen molar-refractivity contribution < 1.29 is 13.2 Å². The Kier molecular flexibility index (Phi) is 3.34. The first-order valence-corrected chi connectivity index (χ1v) is 8.28. The fourth-order valence-corrected chi connectivity index (χ4v) is 3.32. The number of benzene rings is 1. The molecule has 4 nitrogen and oxygen atoms in total. The zero-order valence-corrected chi connectivity index (χ0v) is 14.9. The van der Waals surface area contributed by atoms with Gasteiger partial charge in [0.1, 0.15) is 11.4 Å². The molecular weight excluding hydrogens is 397 g/mol. The van der Waals surface area contributed by atoms with Crippen LogP contribution in [0, 0.1) is 5.82 Å². The SMILES string of the molecule is CC1(C)N=C(c2cnc3c(Br)cnn3c2)c2cccc(F)c2C1(F)F. The fourth-order valence-electron chi connectivity index (χ4n) is 2.94. The highest BCUT2D eigenvalue weighted by Crippen LogP contribution is 2.47. The second-order valence-electron chi connectivity index (χ2n) is 6.36. The Labute approximate surface area is 149 Å². The van der Waals surface area contributed by atoms with Crippen LogP contribution in [0.25, 0.3) is 5.65 Å². The van der Waals surface area contributed by atoms with E-state index in [1.807, 2.05) is 0 Å². The molecule has 0 atom stereocenters. The average Bonchev–Trinajstić information content (AvgIpc) is 2.92. The van der Waals surface area contributed by atoms with Crippen LogP contribution in [0.4, 0.5) is 13.2 Å². The van der Waals surface area contributed by atoms with Crippen molar-refractivity contribution in [2.24, 2.45) is 4.99 Å². The van der Waals surface area contributed by atoms with Gasteiger partial charge in [0.25, 0.3) is 0 Å². The molecule has 1 aliphatic rings. The molecule has 0 N–H and O–H groups in total. The molecule has 3 heterocycles. The minimum atomic E-state index is -3.43. The number of hydrogen-bond acceptors (Lipinski definition) is 3. The Bertz CT molecular complexity index is 1040. The van der Waals surface area contributed by atoms with Crippen molar-refractivity contribution in [1.82, 2.24) is 14.6 Å². The standard InChI is InChI=1S/C17H12BrF3N4/c1-16(2)17(20,21)13-10(4-3-5-12(13)19)14(24-16)9-6-22-15-11(18)7-23-25(15)8-9/h3-8H,1-2H3. The third kappa shape index (κ3) is 2.23. The highest BCUT2D eigenvalue weighted by molar-refractivity contribution is 9.10. The lowest BCUT2D eigenvalue weighted by Crippen LogP contribution is -2.45. The summed E-state index contributed by atoms with van der Waals surface area (Å²) in [6.45, 7) is 2.58. The largest absolute Gasteiger partial charge is 0.300 e. The van der Waals surface area contributed by atoms with Gasteiger partial charge < -0.3 is 0 Å². The van der Waals surface area contributed by atoms with Crippen LogP contribution in [0.15, 0.2) is 46.3 Å². The summed E-state index contributed by atoms with van der Waals surface area (Å²) >= 11 is 3.33. The molecule has 0 radical (unpaired) electrons. The van der Waals surface area contributed by atoms with Gasteiger partial charge in [-0.25, -0.2) is 13.9 Å². The summed E-state index contributed by atoms with van der Waals surface area (Å²) in [5.41, 5.74) is -1.02. The number of rotatable bonds is 1. The van der Waals surface area contributed by atoms with Crippen molar-refractivity contribution >= 4 is 27.3 Å². The second-order valence-corrected chi connectivity index (χ2v) is 7.21. The summed E-state index contributed by atoms with van der Waals surface area (Å²) in [7, 11) is 0. The normalized spacial score (nSPS) is 18.1. The topological polar surface area (TPSA) is 42.5 Å². The monoisotopic (exact) mass is 408 g/mol. The van der Waals surface area contributed by atoms with Crippen LogP contribution >= 0.6 is 15.9 Å². The number of fused-ring (bicyclic) bond motifs is 2. The quantitative estimate of drug-likeness (QED) is 0.600. The zero-order chi connectivity index (χ0) is 18.0. The van der Waals surface area contributed by atoms with E-state index in [9.17, 15) is 13.2 Å². The molecule has 25 heavy (non-hydrogen) atoms. The van der Waals surface area contributed by atoms with E-state index >= 15 is 0 Å². The predicted octanol–water partition coefficient (Wildman–Crippen LogP) is 4.35.